The molecule has 4 rings (SSSR count). The fraction of sp³-hybridized carbons (Fsp3) is 0.304. The minimum absolute atomic E-state index is 0.0536. The van der Waals surface area contributed by atoms with Crippen LogP contribution < -0.4 is 5.32 Å². The average Bonchev–Trinajstić information content (AvgIpc) is 3.24. The van der Waals surface area contributed by atoms with Gasteiger partial charge in [0.05, 0.1) is 28.5 Å². The first-order chi connectivity index (χ1) is 16.0. The van der Waals surface area contributed by atoms with Gasteiger partial charge in [-0.1, -0.05) is 40.7 Å². The van der Waals surface area contributed by atoms with Crippen molar-refractivity contribution in [1.82, 2.24) is 19.9 Å². The minimum atomic E-state index is -0.128. The van der Waals surface area contributed by atoms with Gasteiger partial charge in [-0.05, 0) is 31.2 Å². The van der Waals surface area contributed by atoms with Crippen LogP contribution in [0, 0.1) is 6.92 Å². The number of thioether (sulfide) groups is 1. The van der Waals surface area contributed by atoms with E-state index in [4.69, 9.17) is 16.1 Å². The summed E-state index contributed by atoms with van der Waals surface area (Å²) < 4.78 is 5.10. The molecule has 1 saturated heterocycles. The average molecular weight is 486 g/mol. The van der Waals surface area contributed by atoms with Gasteiger partial charge >= 0.3 is 0 Å². The summed E-state index contributed by atoms with van der Waals surface area (Å²) in [6.07, 6.45) is 1.68. The Morgan fingerprint density at radius 1 is 1.15 bits per heavy atom. The molecule has 3 heterocycles. The van der Waals surface area contributed by atoms with Crippen LogP contribution in [0.3, 0.4) is 0 Å². The van der Waals surface area contributed by atoms with Crippen LogP contribution in [0.1, 0.15) is 21.8 Å². The van der Waals surface area contributed by atoms with Crippen LogP contribution in [-0.4, -0.2) is 64.5 Å². The highest BCUT2D eigenvalue weighted by molar-refractivity contribution is 7.98. The van der Waals surface area contributed by atoms with Crippen LogP contribution in [-0.2, 0) is 10.5 Å². The number of amides is 2. The van der Waals surface area contributed by atoms with E-state index >= 15 is 0 Å². The number of halogens is 1. The molecular formula is C23H24ClN5O3S. The van der Waals surface area contributed by atoms with Crippen molar-refractivity contribution < 1.29 is 14.1 Å². The lowest BCUT2D eigenvalue weighted by Crippen LogP contribution is -2.50. The van der Waals surface area contributed by atoms with Crippen LogP contribution in [0.4, 0.5) is 5.69 Å². The van der Waals surface area contributed by atoms with Crippen molar-refractivity contribution in [2.45, 2.75) is 17.7 Å². The number of nitrogens with one attached hydrogen (secondary N) is 1. The first-order valence-corrected chi connectivity index (χ1v) is 11.9. The second-order valence-electron chi connectivity index (χ2n) is 7.67. The molecule has 0 aliphatic carbocycles. The fourth-order valence-corrected chi connectivity index (χ4v) is 4.58. The molecule has 3 aromatic rings. The Bertz CT molecular complexity index is 1130. The first-order valence-electron chi connectivity index (χ1n) is 10.6. The van der Waals surface area contributed by atoms with E-state index in [0.717, 1.165) is 11.5 Å². The quantitative estimate of drug-likeness (QED) is 0.510. The molecule has 0 saturated carbocycles. The maximum absolute atomic E-state index is 13.2. The van der Waals surface area contributed by atoms with E-state index in [1.54, 1.807) is 30.5 Å². The number of aryl methyl sites for hydroxylation is 1. The van der Waals surface area contributed by atoms with Gasteiger partial charge in [-0.15, -0.1) is 0 Å². The normalized spacial score (nSPS) is 14.3. The molecule has 0 spiro atoms. The van der Waals surface area contributed by atoms with Crippen LogP contribution >= 0.6 is 23.4 Å². The predicted octanol–water partition coefficient (Wildman–Crippen LogP) is 3.72. The Morgan fingerprint density at radius 3 is 2.67 bits per heavy atom. The Kier molecular flexibility index (Phi) is 7.64. The van der Waals surface area contributed by atoms with Crippen molar-refractivity contribution in [2.75, 3.05) is 38.0 Å². The lowest BCUT2D eigenvalue weighted by molar-refractivity contribution is -0.117. The maximum Gasteiger partial charge on any atom is 0.256 e. The van der Waals surface area contributed by atoms with Crippen molar-refractivity contribution in [3.05, 3.63) is 70.7 Å². The number of carbonyl (C=O) groups excluding carboxylic acids is 2. The molecule has 1 fully saturated rings. The fourth-order valence-electron chi connectivity index (χ4n) is 3.53. The third-order valence-electron chi connectivity index (χ3n) is 5.21. The van der Waals surface area contributed by atoms with Gasteiger partial charge in [0.1, 0.15) is 10.8 Å². The number of anilines is 1. The standard InChI is InChI=1S/C23H24ClN5O3S/c1-16-13-17(27-32-16)15-33-22-18(5-4-8-25-22)23(31)29-11-9-28(10-12-29)14-21(30)26-20-7-3-2-6-19(20)24/h2-8,13H,9-12,14-15H2,1H3,(H,26,30). The number of piperazine rings is 1. The zero-order valence-corrected chi connectivity index (χ0v) is 19.7. The summed E-state index contributed by atoms with van der Waals surface area (Å²) in [4.78, 5) is 33.8. The third kappa shape index (κ3) is 6.13. The van der Waals surface area contributed by atoms with Crippen molar-refractivity contribution in [3.63, 3.8) is 0 Å². The van der Waals surface area contributed by atoms with Gasteiger partial charge in [-0.3, -0.25) is 14.5 Å². The number of rotatable bonds is 7. The molecule has 2 aromatic heterocycles. The van der Waals surface area contributed by atoms with E-state index in [-0.39, 0.29) is 18.4 Å². The second-order valence-corrected chi connectivity index (χ2v) is 9.04. The largest absolute Gasteiger partial charge is 0.361 e. The summed E-state index contributed by atoms with van der Waals surface area (Å²) in [7, 11) is 0. The highest BCUT2D eigenvalue weighted by Crippen LogP contribution is 2.25. The zero-order chi connectivity index (χ0) is 23.2. The van der Waals surface area contributed by atoms with Crippen LogP contribution in [0.25, 0.3) is 0 Å². The number of pyridine rings is 1. The summed E-state index contributed by atoms with van der Waals surface area (Å²) >= 11 is 7.57. The van der Waals surface area contributed by atoms with Crippen molar-refractivity contribution in [3.8, 4) is 0 Å². The molecule has 2 amide bonds. The smallest absolute Gasteiger partial charge is 0.256 e. The zero-order valence-electron chi connectivity index (χ0n) is 18.2. The number of hydrogen-bond acceptors (Lipinski definition) is 7. The second kappa shape index (κ2) is 10.8. The first kappa shape index (κ1) is 23.3. The van der Waals surface area contributed by atoms with Crippen LogP contribution in [0.2, 0.25) is 5.02 Å². The lowest BCUT2D eigenvalue weighted by Gasteiger charge is -2.34. The van der Waals surface area contributed by atoms with Crippen molar-refractivity contribution in [1.29, 1.82) is 0 Å². The predicted molar refractivity (Wildman–Crippen MR) is 127 cm³/mol. The summed E-state index contributed by atoms with van der Waals surface area (Å²) in [6, 6.07) is 12.6. The van der Waals surface area contributed by atoms with Gasteiger partial charge in [-0.25, -0.2) is 4.98 Å². The molecule has 172 valence electrons. The molecule has 1 aromatic carbocycles. The summed E-state index contributed by atoms with van der Waals surface area (Å²) in [5.41, 5.74) is 1.98. The molecule has 0 radical (unpaired) electrons. The summed E-state index contributed by atoms with van der Waals surface area (Å²) in [6.45, 7) is 4.40. The van der Waals surface area contributed by atoms with Crippen LogP contribution in [0.15, 0.2) is 58.2 Å². The Hall–Kier alpha value is -2.88. The number of para-hydroxylation sites is 1. The number of benzene rings is 1. The van der Waals surface area contributed by atoms with E-state index in [1.165, 1.54) is 11.8 Å². The number of nitrogens with zero attached hydrogens (tertiary/aromatic N) is 4. The number of carbonyl (C=O) groups is 2. The number of aromatic nitrogens is 2. The Balaban J connectivity index is 1.30. The van der Waals surface area contributed by atoms with E-state index in [1.807, 2.05) is 34.9 Å². The minimum Gasteiger partial charge on any atom is -0.361 e. The van der Waals surface area contributed by atoms with Crippen molar-refractivity contribution >= 4 is 40.9 Å². The van der Waals surface area contributed by atoms with Crippen LogP contribution in [0.5, 0.6) is 0 Å². The molecule has 0 bridgehead atoms. The van der Waals surface area contributed by atoms with Gasteiger partial charge in [0.25, 0.3) is 5.91 Å². The molecule has 8 nitrogen and oxygen atoms in total. The van der Waals surface area contributed by atoms with Crippen molar-refractivity contribution in [2.24, 2.45) is 0 Å². The Labute approximate surface area is 201 Å². The van der Waals surface area contributed by atoms with Gasteiger partial charge in [0.15, 0.2) is 0 Å². The lowest BCUT2D eigenvalue weighted by atomic mass is 10.2. The monoisotopic (exact) mass is 485 g/mol. The molecule has 0 unspecified atom stereocenters. The van der Waals surface area contributed by atoms with E-state index in [0.29, 0.717) is 53.2 Å². The summed E-state index contributed by atoms with van der Waals surface area (Å²) in [5.74, 6) is 1.14. The molecule has 0 atom stereocenters. The molecule has 1 N–H and O–H groups in total. The topological polar surface area (TPSA) is 91.6 Å². The van der Waals surface area contributed by atoms with Gasteiger partial charge in [0.2, 0.25) is 5.91 Å². The maximum atomic E-state index is 13.2. The van der Waals surface area contributed by atoms with Gasteiger partial charge in [-0.2, -0.15) is 0 Å². The molecular weight excluding hydrogens is 462 g/mol. The molecule has 10 heteroatoms. The summed E-state index contributed by atoms with van der Waals surface area (Å²) in [5, 5.41) is 8.01. The highest BCUT2D eigenvalue weighted by Gasteiger charge is 2.25. The van der Waals surface area contributed by atoms with Gasteiger partial charge < -0.3 is 14.7 Å². The van der Waals surface area contributed by atoms with Gasteiger partial charge in [0, 0.05) is 44.2 Å². The van der Waals surface area contributed by atoms with E-state index in [9.17, 15) is 9.59 Å². The Morgan fingerprint density at radius 2 is 1.94 bits per heavy atom. The third-order valence-corrected chi connectivity index (χ3v) is 6.58. The number of hydrogen-bond donors (Lipinski definition) is 1. The highest BCUT2D eigenvalue weighted by atomic mass is 35.5. The molecule has 1 aliphatic rings. The van der Waals surface area contributed by atoms with E-state index < -0.39 is 0 Å². The SMILES string of the molecule is Cc1cc(CSc2ncccc2C(=O)N2CCN(CC(=O)Nc3ccccc3Cl)CC2)no1. The molecule has 33 heavy (non-hydrogen) atoms. The van der Waals surface area contributed by atoms with E-state index in [2.05, 4.69) is 15.5 Å². The molecule has 1 aliphatic heterocycles.